The Kier molecular flexibility index (Phi) is 7.64. The molecule has 0 aromatic heterocycles. The minimum Gasteiger partial charge on any atom is -0.480 e. The fraction of sp³-hybridized carbons (Fsp3) is 0.538. The van der Waals surface area contributed by atoms with E-state index < -0.39 is 35.6 Å². The van der Waals surface area contributed by atoms with E-state index in [1.54, 1.807) is 20.8 Å². The van der Waals surface area contributed by atoms with Crippen LogP contribution in [0, 0.1) is 0 Å². The molecule has 0 radical (unpaired) electrons. The molecule has 0 aliphatic rings. The van der Waals surface area contributed by atoms with Gasteiger partial charge in [0.15, 0.2) is 0 Å². The van der Waals surface area contributed by atoms with Crippen LogP contribution in [-0.4, -0.2) is 52.3 Å². The summed E-state index contributed by atoms with van der Waals surface area (Å²) in [5.74, 6) is -3.48. The Labute approximate surface area is 127 Å². The number of carboxylic acid groups (broad SMARTS) is 2. The number of nitrogens with one attached hydrogen (secondary N) is 2. The lowest BCUT2D eigenvalue weighted by Gasteiger charge is -2.20. The Bertz CT molecular complexity index is 465. The first-order valence-corrected chi connectivity index (χ1v) is 6.42. The van der Waals surface area contributed by atoms with Crippen LogP contribution < -0.4 is 10.6 Å². The summed E-state index contributed by atoms with van der Waals surface area (Å²) < 4.78 is 4.96. The summed E-state index contributed by atoms with van der Waals surface area (Å²) in [6.45, 7) is 5.01. The van der Waals surface area contributed by atoms with Gasteiger partial charge in [0.2, 0.25) is 5.91 Å². The quantitative estimate of drug-likeness (QED) is 0.488. The van der Waals surface area contributed by atoms with Crippen LogP contribution in [0.3, 0.4) is 0 Å². The molecule has 9 nitrogen and oxygen atoms in total. The molecule has 0 fully saturated rings. The van der Waals surface area contributed by atoms with Gasteiger partial charge in [0, 0.05) is 18.7 Å². The predicted octanol–water partition coefficient (Wildman–Crippen LogP) is 0.111. The molecular weight excluding hydrogens is 296 g/mol. The highest BCUT2D eigenvalue weighted by Crippen LogP contribution is 2.06. The van der Waals surface area contributed by atoms with E-state index in [0.29, 0.717) is 12.2 Å². The van der Waals surface area contributed by atoms with Crippen molar-refractivity contribution in [1.29, 1.82) is 0 Å². The molecule has 1 atom stereocenters. The number of ether oxygens (including phenoxy) is 1. The van der Waals surface area contributed by atoms with Gasteiger partial charge in [-0.25, -0.2) is 14.4 Å². The molecule has 0 unspecified atom stereocenters. The summed E-state index contributed by atoms with van der Waals surface area (Å²) in [6.07, 6.45) is 0.516. The fourth-order valence-corrected chi connectivity index (χ4v) is 1.26. The lowest BCUT2D eigenvalue weighted by atomic mass is 10.2. The molecule has 0 aliphatic carbocycles. The fourth-order valence-electron chi connectivity index (χ4n) is 1.26. The van der Waals surface area contributed by atoms with E-state index in [-0.39, 0.29) is 13.0 Å². The van der Waals surface area contributed by atoms with Crippen LogP contribution in [-0.2, 0) is 19.1 Å². The molecule has 0 spiro atoms. The van der Waals surface area contributed by atoms with Crippen molar-refractivity contribution in [2.45, 2.75) is 38.8 Å². The summed E-state index contributed by atoms with van der Waals surface area (Å²) in [6, 6.07) is -1.26. The second-order valence-corrected chi connectivity index (χ2v) is 5.29. The van der Waals surface area contributed by atoms with E-state index in [4.69, 9.17) is 14.9 Å². The third-order valence-corrected chi connectivity index (χ3v) is 2.09. The topological polar surface area (TPSA) is 142 Å². The van der Waals surface area contributed by atoms with Gasteiger partial charge in [0.1, 0.15) is 11.6 Å². The van der Waals surface area contributed by atoms with Crippen molar-refractivity contribution in [3.63, 3.8) is 0 Å². The van der Waals surface area contributed by atoms with Crippen LogP contribution in [0.2, 0.25) is 0 Å². The second-order valence-electron chi connectivity index (χ2n) is 5.29. The number of alkyl carbamates (subject to hydrolysis) is 1. The minimum atomic E-state index is -1.33. The number of rotatable bonds is 7. The third kappa shape index (κ3) is 10.2. The highest BCUT2D eigenvalue weighted by Gasteiger charge is 2.20. The van der Waals surface area contributed by atoms with E-state index in [2.05, 4.69) is 10.6 Å². The van der Waals surface area contributed by atoms with Gasteiger partial charge in [-0.1, -0.05) is 0 Å². The number of aliphatic carboxylic acids is 2. The Morgan fingerprint density at radius 3 is 2.18 bits per heavy atom. The van der Waals surface area contributed by atoms with Gasteiger partial charge in [-0.3, -0.25) is 4.79 Å². The van der Waals surface area contributed by atoms with E-state index in [1.807, 2.05) is 0 Å². The van der Waals surface area contributed by atoms with Gasteiger partial charge in [-0.05, 0) is 27.2 Å². The monoisotopic (exact) mass is 316 g/mol. The standard InChI is InChI=1S/C13H20N2O7/c1-13(2,3)22-12(21)14-7-6-8(11(19)20)15-9(16)4-5-10(17)18/h4-5,8H,6-7H2,1-3H3,(H,14,21)(H,15,16)(H,17,18)(H,19,20)/b5-4-/t8-/m0/s1. The zero-order valence-electron chi connectivity index (χ0n) is 12.6. The largest absolute Gasteiger partial charge is 0.480 e. The molecular formula is C13H20N2O7. The molecule has 4 N–H and O–H groups in total. The molecule has 124 valence electrons. The van der Waals surface area contributed by atoms with E-state index in [9.17, 15) is 19.2 Å². The average Bonchev–Trinajstić information content (AvgIpc) is 2.32. The van der Waals surface area contributed by atoms with E-state index >= 15 is 0 Å². The zero-order valence-corrected chi connectivity index (χ0v) is 12.6. The van der Waals surface area contributed by atoms with Crippen molar-refractivity contribution in [2.75, 3.05) is 6.54 Å². The second kappa shape index (κ2) is 8.65. The minimum absolute atomic E-state index is 0.0329. The Morgan fingerprint density at radius 2 is 1.73 bits per heavy atom. The highest BCUT2D eigenvalue weighted by molar-refractivity contribution is 5.95. The van der Waals surface area contributed by atoms with Gasteiger partial charge < -0.3 is 25.6 Å². The zero-order chi connectivity index (χ0) is 17.3. The van der Waals surface area contributed by atoms with Crippen LogP contribution in [0.15, 0.2) is 12.2 Å². The van der Waals surface area contributed by atoms with Gasteiger partial charge in [0.25, 0.3) is 0 Å². The van der Waals surface area contributed by atoms with Crippen LogP contribution >= 0.6 is 0 Å². The van der Waals surface area contributed by atoms with Crippen molar-refractivity contribution in [3.8, 4) is 0 Å². The average molecular weight is 316 g/mol. The molecule has 0 bridgehead atoms. The number of carbonyl (C=O) groups is 4. The SMILES string of the molecule is CC(C)(C)OC(=O)NCC[C@H](NC(=O)/C=C\C(=O)O)C(=O)O. The predicted molar refractivity (Wildman–Crippen MR) is 75.2 cm³/mol. The number of hydrogen-bond donors (Lipinski definition) is 4. The maximum Gasteiger partial charge on any atom is 0.407 e. The van der Waals surface area contributed by atoms with Crippen LogP contribution in [0.5, 0.6) is 0 Å². The molecule has 0 saturated carbocycles. The van der Waals surface area contributed by atoms with Gasteiger partial charge in [-0.2, -0.15) is 0 Å². The summed E-state index contributed by atoms with van der Waals surface area (Å²) >= 11 is 0. The molecule has 9 heteroatoms. The molecule has 0 aliphatic heterocycles. The van der Waals surface area contributed by atoms with Crippen LogP contribution in [0.4, 0.5) is 4.79 Å². The maximum atomic E-state index is 11.4. The van der Waals surface area contributed by atoms with Crippen molar-refractivity contribution < 1.29 is 34.1 Å². The Hall–Kier alpha value is -2.58. The number of amides is 2. The number of carboxylic acids is 2. The maximum absolute atomic E-state index is 11.4. The molecule has 0 aromatic carbocycles. The lowest BCUT2D eigenvalue weighted by molar-refractivity contribution is -0.141. The molecule has 0 heterocycles. The first kappa shape index (κ1) is 19.4. The van der Waals surface area contributed by atoms with Gasteiger partial charge >= 0.3 is 18.0 Å². The number of hydrogen-bond acceptors (Lipinski definition) is 5. The lowest BCUT2D eigenvalue weighted by Crippen LogP contribution is -2.43. The van der Waals surface area contributed by atoms with Crippen molar-refractivity contribution in [2.24, 2.45) is 0 Å². The molecule has 2 amide bonds. The van der Waals surface area contributed by atoms with Crippen molar-refractivity contribution in [3.05, 3.63) is 12.2 Å². The van der Waals surface area contributed by atoms with Crippen LogP contribution in [0.25, 0.3) is 0 Å². The molecule has 0 rings (SSSR count). The summed E-state index contributed by atoms with van der Waals surface area (Å²) in [4.78, 5) is 43.9. The van der Waals surface area contributed by atoms with E-state index in [0.717, 1.165) is 0 Å². The smallest absolute Gasteiger partial charge is 0.407 e. The molecule has 0 aromatic rings. The number of carbonyl (C=O) groups excluding carboxylic acids is 2. The van der Waals surface area contributed by atoms with Gasteiger partial charge in [-0.15, -0.1) is 0 Å². The highest BCUT2D eigenvalue weighted by atomic mass is 16.6. The van der Waals surface area contributed by atoms with E-state index in [1.165, 1.54) is 0 Å². The third-order valence-electron chi connectivity index (χ3n) is 2.09. The first-order valence-electron chi connectivity index (χ1n) is 6.42. The normalized spacial score (nSPS) is 12.5. The Morgan fingerprint density at radius 1 is 1.14 bits per heavy atom. The summed E-state index contributed by atoms with van der Waals surface area (Å²) in [7, 11) is 0. The summed E-state index contributed by atoms with van der Waals surface area (Å²) in [5, 5.41) is 21.8. The van der Waals surface area contributed by atoms with Crippen LogP contribution in [0.1, 0.15) is 27.2 Å². The van der Waals surface area contributed by atoms with Crippen molar-refractivity contribution in [1.82, 2.24) is 10.6 Å². The van der Waals surface area contributed by atoms with Gasteiger partial charge in [0.05, 0.1) is 0 Å². The van der Waals surface area contributed by atoms with Crippen molar-refractivity contribution >= 4 is 23.9 Å². The molecule has 0 saturated heterocycles. The first-order chi connectivity index (χ1) is 10.0. The summed E-state index contributed by atoms with van der Waals surface area (Å²) in [5.41, 5.74) is -0.674. The Balaban J connectivity index is 4.32. The molecule has 22 heavy (non-hydrogen) atoms.